The number of hydrogen-bond acceptors (Lipinski definition) is 2. The van der Waals surface area contributed by atoms with Gasteiger partial charge >= 0.3 is 5.97 Å². The highest BCUT2D eigenvalue weighted by Gasteiger charge is 2.19. The van der Waals surface area contributed by atoms with Gasteiger partial charge in [0, 0.05) is 5.56 Å². The maximum Gasteiger partial charge on any atom is 0.337 e. The molecule has 0 aromatic heterocycles. The smallest absolute Gasteiger partial charge is 0.337 e. The molecule has 0 spiro atoms. The summed E-state index contributed by atoms with van der Waals surface area (Å²) in [4.78, 5) is 10.4. The van der Waals surface area contributed by atoms with Crippen molar-refractivity contribution in [2.75, 3.05) is 0 Å². The van der Waals surface area contributed by atoms with Gasteiger partial charge in [-0.25, -0.2) is 9.18 Å². The molecular weight excluding hydrogens is 243 g/mol. The van der Waals surface area contributed by atoms with Gasteiger partial charge in [-0.2, -0.15) is 0 Å². The first-order chi connectivity index (χ1) is 6.04. The first-order valence-corrected chi connectivity index (χ1v) is 4.18. The van der Waals surface area contributed by atoms with E-state index in [2.05, 4.69) is 15.9 Å². The van der Waals surface area contributed by atoms with Gasteiger partial charge in [0.2, 0.25) is 0 Å². The average Bonchev–Trinajstić information content (AvgIpc) is 2.08. The van der Waals surface area contributed by atoms with Crippen molar-refractivity contribution < 1.29 is 19.4 Å². The van der Waals surface area contributed by atoms with Gasteiger partial charge in [0.25, 0.3) is 0 Å². The fourth-order valence-corrected chi connectivity index (χ4v) is 1.35. The predicted molar refractivity (Wildman–Crippen MR) is 46.7 cm³/mol. The fraction of sp³-hybridized carbons (Fsp3) is 0.125. The lowest BCUT2D eigenvalue weighted by atomic mass is 10.1. The van der Waals surface area contributed by atoms with Crippen LogP contribution >= 0.6 is 15.9 Å². The zero-order valence-corrected chi connectivity index (χ0v) is 7.95. The number of aliphatic carboxylic acids is 1. The van der Waals surface area contributed by atoms with Gasteiger partial charge in [-0.05, 0) is 22.0 Å². The third kappa shape index (κ3) is 2.05. The highest BCUT2D eigenvalue weighted by Crippen LogP contribution is 2.25. The van der Waals surface area contributed by atoms with Crippen LogP contribution in [-0.2, 0) is 4.79 Å². The molecule has 5 heteroatoms. The lowest BCUT2D eigenvalue weighted by molar-refractivity contribution is -0.147. The fourth-order valence-electron chi connectivity index (χ4n) is 0.865. The SMILES string of the molecule is O=C(O)C(O)c1cccc(F)c1Br. The topological polar surface area (TPSA) is 57.5 Å². The number of aliphatic hydroxyl groups is 1. The van der Waals surface area contributed by atoms with Crippen LogP contribution in [0.1, 0.15) is 11.7 Å². The van der Waals surface area contributed by atoms with Crippen LogP contribution in [0.5, 0.6) is 0 Å². The van der Waals surface area contributed by atoms with Gasteiger partial charge in [0.05, 0.1) is 4.47 Å². The van der Waals surface area contributed by atoms with Crippen LogP contribution in [-0.4, -0.2) is 16.2 Å². The van der Waals surface area contributed by atoms with Crippen molar-refractivity contribution in [1.29, 1.82) is 0 Å². The Hall–Kier alpha value is -0.940. The summed E-state index contributed by atoms with van der Waals surface area (Å²) in [6.45, 7) is 0. The van der Waals surface area contributed by atoms with Crippen molar-refractivity contribution in [1.82, 2.24) is 0 Å². The van der Waals surface area contributed by atoms with Crippen molar-refractivity contribution in [2.45, 2.75) is 6.10 Å². The molecule has 1 atom stereocenters. The summed E-state index contributed by atoms with van der Waals surface area (Å²) in [5.74, 6) is -2.01. The summed E-state index contributed by atoms with van der Waals surface area (Å²) in [5, 5.41) is 17.6. The van der Waals surface area contributed by atoms with E-state index in [1.165, 1.54) is 18.2 Å². The molecule has 0 fully saturated rings. The van der Waals surface area contributed by atoms with E-state index in [1.807, 2.05) is 0 Å². The van der Waals surface area contributed by atoms with Crippen LogP contribution in [0.4, 0.5) is 4.39 Å². The average molecular weight is 249 g/mol. The normalized spacial score (nSPS) is 12.5. The van der Waals surface area contributed by atoms with E-state index in [0.717, 1.165) is 0 Å². The van der Waals surface area contributed by atoms with Gasteiger partial charge in [-0.1, -0.05) is 12.1 Å². The molecule has 0 aliphatic rings. The third-order valence-electron chi connectivity index (χ3n) is 1.51. The van der Waals surface area contributed by atoms with Crippen molar-refractivity contribution in [3.63, 3.8) is 0 Å². The van der Waals surface area contributed by atoms with Crippen molar-refractivity contribution >= 4 is 21.9 Å². The lowest BCUT2D eigenvalue weighted by Gasteiger charge is -2.07. The molecule has 0 aliphatic heterocycles. The number of carbonyl (C=O) groups is 1. The number of carboxylic acid groups (broad SMARTS) is 1. The monoisotopic (exact) mass is 248 g/mol. The minimum Gasteiger partial charge on any atom is -0.479 e. The lowest BCUT2D eigenvalue weighted by Crippen LogP contribution is -2.11. The van der Waals surface area contributed by atoms with E-state index < -0.39 is 17.9 Å². The number of aliphatic hydroxyl groups excluding tert-OH is 1. The van der Waals surface area contributed by atoms with Crippen LogP contribution in [0.15, 0.2) is 22.7 Å². The second-order valence-electron chi connectivity index (χ2n) is 2.38. The summed E-state index contributed by atoms with van der Waals surface area (Å²) >= 11 is 2.85. The Morgan fingerprint density at radius 1 is 1.54 bits per heavy atom. The van der Waals surface area contributed by atoms with Crippen LogP contribution in [0, 0.1) is 5.82 Å². The maximum atomic E-state index is 12.9. The molecule has 1 aromatic rings. The Kier molecular flexibility index (Phi) is 3.00. The number of rotatable bonds is 2. The van der Waals surface area contributed by atoms with Crippen LogP contribution in [0.25, 0.3) is 0 Å². The standard InChI is InChI=1S/C8H6BrFO3/c9-6-4(7(11)8(12)13)2-1-3-5(6)10/h1-3,7,11H,(H,12,13). The first-order valence-electron chi connectivity index (χ1n) is 3.39. The van der Waals surface area contributed by atoms with E-state index in [0.29, 0.717) is 0 Å². The zero-order valence-electron chi connectivity index (χ0n) is 6.37. The summed E-state index contributed by atoms with van der Waals surface area (Å²) in [7, 11) is 0. The predicted octanol–water partition coefficient (Wildman–Crippen LogP) is 1.71. The van der Waals surface area contributed by atoms with E-state index in [-0.39, 0.29) is 10.0 Å². The van der Waals surface area contributed by atoms with E-state index >= 15 is 0 Å². The summed E-state index contributed by atoms with van der Waals surface area (Å²) in [6.07, 6.45) is -1.70. The molecule has 1 rings (SSSR count). The Morgan fingerprint density at radius 3 is 2.69 bits per heavy atom. The van der Waals surface area contributed by atoms with E-state index in [1.54, 1.807) is 0 Å². The number of carboxylic acids is 1. The highest BCUT2D eigenvalue weighted by atomic mass is 79.9. The molecule has 0 saturated heterocycles. The quantitative estimate of drug-likeness (QED) is 0.838. The van der Waals surface area contributed by atoms with Gasteiger partial charge in [-0.15, -0.1) is 0 Å². The van der Waals surface area contributed by atoms with Crippen molar-refractivity contribution in [3.8, 4) is 0 Å². The Balaban J connectivity index is 3.15. The molecule has 2 N–H and O–H groups in total. The van der Waals surface area contributed by atoms with E-state index in [4.69, 9.17) is 10.2 Å². The molecule has 70 valence electrons. The van der Waals surface area contributed by atoms with Gasteiger partial charge in [-0.3, -0.25) is 0 Å². The van der Waals surface area contributed by atoms with Crippen LogP contribution < -0.4 is 0 Å². The minimum atomic E-state index is -1.70. The molecule has 0 aliphatic carbocycles. The molecule has 0 saturated carbocycles. The van der Waals surface area contributed by atoms with Gasteiger partial charge < -0.3 is 10.2 Å². The van der Waals surface area contributed by atoms with Crippen LogP contribution in [0.2, 0.25) is 0 Å². The molecule has 0 amide bonds. The molecule has 13 heavy (non-hydrogen) atoms. The Labute approximate surface area is 81.9 Å². The molecule has 1 aromatic carbocycles. The van der Waals surface area contributed by atoms with Crippen LogP contribution in [0.3, 0.4) is 0 Å². The molecule has 0 heterocycles. The third-order valence-corrected chi connectivity index (χ3v) is 2.35. The zero-order chi connectivity index (χ0) is 10.0. The summed E-state index contributed by atoms with van der Waals surface area (Å²) in [5.41, 5.74) is 0.00694. The first kappa shape index (κ1) is 10.1. The minimum absolute atomic E-state index is 0.00694. The molecular formula is C8H6BrFO3. The summed E-state index contributed by atoms with van der Waals surface area (Å²) < 4.78 is 12.8. The molecule has 0 bridgehead atoms. The number of hydrogen-bond donors (Lipinski definition) is 2. The second-order valence-corrected chi connectivity index (χ2v) is 3.18. The Morgan fingerprint density at radius 2 is 2.15 bits per heavy atom. The Bertz CT molecular complexity index is 340. The summed E-state index contributed by atoms with van der Waals surface area (Å²) in [6, 6.07) is 3.84. The second kappa shape index (κ2) is 3.85. The molecule has 0 radical (unpaired) electrons. The molecule has 1 unspecified atom stereocenters. The number of halogens is 2. The maximum absolute atomic E-state index is 12.9. The van der Waals surface area contributed by atoms with Gasteiger partial charge in [0.15, 0.2) is 6.10 Å². The largest absolute Gasteiger partial charge is 0.479 e. The van der Waals surface area contributed by atoms with Crippen molar-refractivity contribution in [3.05, 3.63) is 34.1 Å². The molecule has 3 nitrogen and oxygen atoms in total. The van der Waals surface area contributed by atoms with Gasteiger partial charge in [0.1, 0.15) is 5.82 Å². The number of benzene rings is 1. The van der Waals surface area contributed by atoms with E-state index in [9.17, 15) is 9.18 Å². The highest BCUT2D eigenvalue weighted by molar-refractivity contribution is 9.10. The van der Waals surface area contributed by atoms with Crippen molar-refractivity contribution in [2.24, 2.45) is 0 Å².